The van der Waals surface area contributed by atoms with Gasteiger partial charge in [-0.25, -0.2) is 0 Å². The largest absolute Gasteiger partial charge is 0.462 e. The predicted molar refractivity (Wildman–Crippen MR) is 65.9 cm³/mol. The second-order valence-electron chi connectivity index (χ2n) is 5.03. The lowest BCUT2D eigenvalue weighted by Gasteiger charge is -2.18. The molecule has 0 fully saturated rings. The third kappa shape index (κ3) is 8.77. The zero-order chi connectivity index (χ0) is 15.9. The van der Waals surface area contributed by atoms with Crippen LogP contribution in [0.3, 0.4) is 0 Å². The predicted octanol–water partition coefficient (Wildman–Crippen LogP) is 3.24. The molecule has 0 amide bonds. The van der Waals surface area contributed by atoms with E-state index in [1.165, 1.54) is 0 Å². The van der Waals surface area contributed by atoms with Gasteiger partial charge in [0.1, 0.15) is 0 Å². The highest BCUT2D eigenvalue weighted by atomic mass is 19.4. The van der Waals surface area contributed by atoms with E-state index < -0.39 is 42.7 Å². The van der Waals surface area contributed by atoms with E-state index in [1.54, 1.807) is 27.7 Å². The van der Waals surface area contributed by atoms with Crippen LogP contribution < -0.4 is 0 Å². The molecule has 0 unspecified atom stereocenters. The number of esters is 2. The Balaban J connectivity index is 4.62. The molecule has 0 aromatic heterocycles. The van der Waals surface area contributed by atoms with Crippen molar-refractivity contribution in [1.29, 1.82) is 0 Å². The summed E-state index contributed by atoms with van der Waals surface area (Å²) in [6.45, 7) is 6.38. The van der Waals surface area contributed by atoms with Crippen LogP contribution in [0.25, 0.3) is 0 Å². The van der Waals surface area contributed by atoms with E-state index in [4.69, 9.17) is 9.47 Å². The summed E-state index contributed by atoms with van der Waals surface area (Å²) in [6, 6.07) is 0. The second kappa shape index (κ2) is 8.11. The molecule has 0 aliphatic rings. The average Bonchev–Trinajstić information content (AvgIpc) is 2.20. The van der Waals surface area contributed by atoms with E-state index >= 15 is 0 Å². The molecule has 0 aromatic carbocycles. The van der Waals surface area contributed by atoms with Gasteiger partial charge in [0.05, 0.1) is 12.2 Å². The van der Waals surface area contributed by atoms with Crippen LogP contribution in [0.4, 0.5) is 13.2 Å². The monoisotopic (exact) mass is 298 g/mol. The molecule has 0 aromatic rings. The van der Waals surface area contributed by atoms with Crippen LogP contribution in [0.2, 0.25) is 0 Å². The lowest BCUT2D eigenvalue weighted by Crippen LogP contribution is -2.31. The topological polar surface area (TPSA) is 52.6 Å². The van der Waals surface area contributed by atoms with Gasteiger partial charge in [-0.15, -0.1) is 0 Å². The number of hydrogen-bond acceptors (Lipinski definition) is 4. The number of carbonyl (C=O) groups is 2. The minimum atomic E-state index is -4.31. The maximum absolute atomic E-state index is 12.1. The second-order valence-corrected chi connectivity index (χ2v) is 5.03. The van der Waals surface area contributed by atoms with Gasteiger partial charge >= 0.3 is 18.1 Å². The molecule has 0 radical (unpaired) electrons. The molecule has 0 aliphatic carbocycles. The molecule has 0 heterocycles. The molecule has 0 atom stereocenters. The van der Waals surface area contributed by atoms with E-state index in [2.05, 4.69) is 0 Å². The summed E-state index contributed by atoms with van der Waals surface area (Å²) in [5.74, 6) is -2.98. The number of hydrogen-bond donors (Lipinski definition) is 0. The van der Waals surface area contributed by atoms with Gasteiger partial charge in [0.25, 0.3) is 0 Å². The molecule has 118 valence electrons. The van der Waals surface area contributed by atoms with Gasteiger partial charge in [0.15, 0.2) is 5.92 Å². The minimum Gasteiger partial charge on any atom is -0.462 e. The first kappa shape index (κ1) is 18.7. The Kier molecular flexibility index (Phi) is 7.60. The van der Waals surface area contributed by atoms with Gasteiger partial charge in [0.2, 0.25) is 0 Å². The first-order valence-corrected chi connectivity index (χ1v) is 6.50. The smallest absolute Gasteiger partial charge is 0.389 e. The van der Waals surface area contributed by atoms with Crippen LogP contribution in [0.5, 0.6) is 0 Å². The lowest BCUT2D eigenvalue weighted by molar-refractivity contribution is -0.168. The summed E-state index contributed by atoms with van der Waals surface area (Å²) >= 11 is 0. The minimum absolute atomic E-state index is 0.239. The SMILES string of the molecule is CC(C)OC(=O)C(CCCC(F)(F)F)C(=O)OC(C)C. The molecule has 0 rings (SSSR count). The Morgan fingerprint density at radius 3 is 1.65 bits per heavy atom. The molecular formula is C13H21F3O4. The van der Waals surface area contributed by atoms with Crippen molar-refractivity contribution in [1.82, 2.24) is 0 Å². The summed E-state index contributed by atoms with van der Waals surface area (Å²) in [5.41, 5.74) is 0. The van der Waals surface area contributed by atoms with Crippen molar-refractivity contribution in [2.75, 3.05) is 0 Å². The van der Waals surface area contributed by atoms with Gasteiger partial charge in [0, 0.05) is 6.42 Å². The molecule has 4 nitrogen and oxygen atoms in total. The normalized spacial score (nSPS) is 12.1. The summed E-state index contributed by atoms with van der Waals surface area (Å²) < 4.78 is 46.0. The fraction of sp³-hybridized carbons (Fsp3) is 0.846. The van der Waals surface area contributed by atoms with Crippen molar-refractivity contribution in [3.8, 4) is 0 Å². The van der Waals surface area contributed by atoms with Crippen molar-refractivity contribution in [2.24, 2.45) is 5.92 Å². The number of halogens is 3. The van der Waals surface area contributed by atoms with Crippen molar-refractivity contribution in [3.63, 3.8) is 0 Å². The zero-order valence-corrected chi connectivity index (χ0v) is 12.1. The van der Waals surface area contributed by atoms with Crippen LogP contribution in [0, 0.1) is 5.92 Å². The van der Waals surface area contributed by atoms with Crippen molar-refractivity contribution >= 4 is 11.9 Å². The summed E-state index contributed by atoms with van der Waals surface area (Å²) in [7, 11) is 0. The molecular weight excluding hydrogens is 277 g/mol. The van der Waals surface area contributed by atoms with Crippen molar-refractivity contribution in [3.05, 3.63) is 0 Å². The molecule has 0 aliphatic heterocycles. The summed E-state index contributed by atoms with van der Waals surface area (Å²) in [5, 5.41) is 0. The van der Waals surface area contributed by atoms with E-state index in [0.717, 1.165) is 0 Å². The van der Waals surface area contributed by atoms with E-state index in [-0.39, 0.29) is 12.8 Å². The molecule has 7 heteroatoms. The molecule has 0 bridgehead atoms. The Morgan fingerprint density at radius 1 is 0.950 bits per heavy atom. The Labute approximate surface area is 116 Å². The standard InChI is InChI=1S/C13H21F3O4/c1-8(2)19-11(17)10(12(18)20-9(3)4)6-5-7-13(14,15)16/h8-10H,5-7H2,1-4H3. The Bertz CT molecular complexity index is 302. The fourth-order valence-electron chi connectivity index (χ4n) is 1.47. The van der Waals surface area contributed by atoms with Crippen LogP contribution >= 0.6 is 0 Å². The maximum Gasteiger partial charge on any atom is 0.389 e. The molecule has 0 N–H and O–H groups in total. The van der Waals surface area contributed by atoms with E-state index in [9.17, 15) is 22.8 Å². The van der Waals surface area contributed by atoms with Crippen LogP contribution in [-0.2, 0) is 19.1 Å². The summed E-state index contributed by atoms with van der Waals surface area (Å²) in [4.78, 5) is 23.5. The molecule has 0 saturated heterocycles. The molecule has 0 spiro atoms. The first-order valence-electron chi connectivity index (χ1n) is 6.50. The highest BCUT2D eigenvalue weighted by molar-refractivity contribution is 5.95. The number of alkyl halides is 3. The Morgan fingerprint density at radius 2 is 1.35 bits per heavy atom. The van der Waals surface area contributed by atoms with Crippen molar-refractivity contribution < 1.29 is 32.2 Å². The van der Waals surface area contributed by atoms with Crippen LogP contribution in [0.1, 0.15) is 47.0 Å². The third-order valence-corrected chi connectivity index (χ3v) is 2.23. The maximum atomic E-state index is 12.1. The highest BCUT2D eigenvalue weighted by Gasteiger charge is 2.33. The first-order chi connectivity index (χ1) is 9.03. The highest BCUT2D eigenvalue weighted by Crippen LogP contribution is 2.24. The average molecular weight is 298 g/mol. The van der Waals surface area contributed by atoms with Gasteiger partial charge in [-0.05, 0) is 40.5 Å². The molecule has 20 heavy (non-hydrogen) atoms. The summed E-state index contributed by atoms with van der Waals surface area (Å²) in [6.07, 6.45) is -6.81. The molecule has 0 saturated carbocycles. The zero-order valence-electron chi connectivity index (χ0n) is 12.1. The lowest BCUT2D eigenvalue weighted by atomic mass is 10.0. The van der Waals surface area contributed by atoms with E-state index in [1.807, 2.05) is 0 Å². The van der Waals surface area contributed by atoms with Gasteiger partial charge in [-0.2, -0.15) is 13.2 Å². The van der Waals surface area contributed by atoms with Gasteiger partial charge in [-0.3, -0.25) is 9.59 Å². The third-order valence-electron chi connectivity index (χ3n) is 2.23. The Hall–Kier alpha value is -1.27. The fourth-order valence-corrected chi connectivity index (χ4v) is 1.47. The number of rotatable bonds is 7. The number of carbonyl (C=O) groups excluding carboxylic acids is 2. The van der Waals surface area contributed by atoms with Gasteiger partial charge < -0.3 is 9.47 Å². The van der Waals surface area contributed by atoms with Crippen LogP contribution in [0.15, 0.2) is 0 Å². The van der Waals surface area contributed by atoms with Gasteiger partial charge in [-0.1, -0.05) is 0 Å². The quantitative estimate of drug-likeness (QED) is 0.535. The number of ether oxygens (including phenoxy) is 2. The van der Waals surface area contributed by atoms with E-state index in [0.29, 0.717) is 0 Å². The van der Waals surface area contributed by atoms with Crippen molar-refractivity contribution in [2.45, 2.75) is 65.3 Å². The van der Waals surface area contributed by atoms with Crippen LogP contribution in [-0.4, -0.2) is 30.3 Å².